The number of aryl methyl sites for hydroxylation is 1. The molecule has 1 aliphatic rings. The number of benzene rings is 1. The molecule has 0 heterocycles. The van der Waals surface area contributed by atoms with E-state index < -0.39 is 23.5 Å². The summed E-state index contributed by atoms with van der Waals surface area (Å²) in [4.78, 5) is 0. The molecule has 0 fully saturated rings. The van der Waals surface area contributed by atoms with Crippen LogP contribution in [0.15, 0.2) is 119 Å². The van der Waals surface area contributed by atoms with Crippen molar-refractivity contribution in [1.29, 1.82) is 0 Å². The van der Waals surface area contributed by atoms with Crippen LogP contribution < -0.4 is 0 Å². The van der Waals surface area contributed by atoms with Crippen molar-refractivity contribution < 1.29 is 30.7 Å². The van der Waals surface area contributed by atoms with Crippen LogP contribution in [0.25, 0.3) is 0 Å². The number of allylic oxidation sites excluding steroid dienone is 13. The lowest BCUT2D eigenvalue weighted by Gasteiger charge is -2.14. The standard InChI is InChI=1S/C25H28F6.C8H9F/c1-7-16(3)18(5)14-21(25(29,30)31)15-19(6)23-11-9-10-22(23)17(4)12-13-20(8-2)24(26,27)28;1-2-7-5-3-4-6-8(7)9/h8,12-15H,2-3,5,7,9-11H2,1,4,6H3;3-6H,2H2,1H3/b17-12-,19-15+,20-13+,21-14+;. The van der Waals surface area contributed by atoms with E-state index in [1.54, 1.807) is 32.9 Å². The second-order valence-corrected chi connectivity index (χ2v) is 9.34. The highest BCUT2D eigenvalue weighted by Gasteiger charge is 2.33. The van der Waals surface area contributed by atoms with E-state index in [4.69, 9.17) is 0 Å². The molecule has 0 unspecified atom stereocenters. The number of alkyl halides is 6. The van der Waals surface area contributed by atoms with E-state index in [0.29, 0.717) is 36.0 Å². The van der Waals surface area contributed by atoms with Crippen LogP contribution >= 0.6 is 0 Å². The van der Waals surface area contributed by atoms with Crippen LogP contribution in [0.3, 0.4) is 0 Å². The van der Waals surface area contributed by atoms with E-state index in [1.807, 2.05) is 13.0 Å². The molecule has 1 aromatic carbocycles. The fraction of sp³-hybridized carbons (Fsp3) is 0.333. The van der Waals surface area contributed by atoms with Crippen molar-refractivity contribution >= 4 is 0 Å². The Morgan fingerprint density at radius 1 is 0.825 bits per heavy atom. The van der Waals surface area contributed by atoms with Gasteiger partial charge in [0, 0.05) is 0 Å². The zero-order chi connectivity index (χ0) is 30.7. The summed E-state index contributed by atoms with van der Waals surface area (Å²) in [5, 5.41) is 0. The normalized spacial score (nSPS) is 15.6. The smallest absolute Gasteiger partial charge is 0.207 e. The molecule has 0 nitrogen and oxygen atoms in total. The Bertz CT molecular complexity index is 1230. The molecule has 1 aromatic rings. The molecule has 218 valence electrons. The van der Waals surface area contributed by atoms with Crippen LogP contribution in [0.2, 0.25) is 0 Å². The highest BCUT2D eigenvalue weighted by Crippen LogP contribution is 2.38. The van der Waals surface area contributed by atoms with Crippen molar-refractivity contribution in [2.45, 2.75) is 72.2 Å². The van der Waals surface area contributed by atoms with Crippen molar-refractivity contribution in [2.24, 2.45) is 0 Å². The third-order valence-electron chi connectivity index (χ3n) is 6.48. The summed E-state index contributed by atoms with van der Waals surface area (Å²) in [7, 11) is 0. The van der Waals surface area contributed by atoms with Crippen LogP contribution in [-0.4, -0.2) is 12.4 Å². The fourth-order valence-corrected chi connectivity index (χ4v) is 4.04. The van der Waals surface area contributed by atoms with Gasteiger partial charge in [0.25, 0.3) is 0 Å². The number of hydrogen-bond acceptors (Lipinski definition) is 0. The molecule has 2 rings (SSSR count). The van der Waals surface area contributed by atoms with Gasteiger partial charge in [0.15, 0.2) is 0 Å². The molecule has 0 bridgehead atoms. The molecule has 0 atom stereocenters. The fourth-order valence-electron chi connectivity index (χ4n) is 4.04. The first-order chi connectivity index (χ1) is 18.6. The van der Waals surface area contributed by atoms with E-state index in [9.17, 15) is 30.7 Å². The van der Waals surface area contributed by atoms with Gasteiger partial charge in [0.05, 0.1) is 11.1 Å². The van der Waals surface area contributed by atoms with Crippen LogP contribution in [0, 0.1) is 5.82 Å². The first-order valence-corrected chi connectivity index (χ1v) is 12.9. The maximum Gasteiger partial charge on any atom is 0.416 e. The van der Waals surface area contributed by atoms with Gasteiger partial charge in [-0.25, -0.2) is 4.39 Å². The second-order valence-electron chi connectivity index (χ2n) is 9.34. The van der Waals surface area contributed by atoms with Crippen molar-refractivity contribution in [1.82, 2.24) is 0 Å². The number of halogens is 7. The average Bonchev–Trinajstić information content (AvgIpc) is 3.37. The first-order valence-electron chi connectivity index (χ1n) is 12.9. The molecule has 0 aromatic heterocycles. The molecule has 0 saturated heterocycles. The summed E-state index contributed by atoms with van der Waals surface area (Å²) in [5.41, 5.74) is 2.32. The highest BCUT2D eigenvalue weighted by molar-refractivity contribution is 5.51. The molecule has 0 spiro atoms. The van der Waals surface area contributed by atoms with E-state index in [1.165, 1.54) is 12.1 Å². The Balaban J connectivity index is 0.000000747. The summed E-state index contributed by atoms with van der Waals surface area (Å²) in [6.07, 6.45) is -0.887. The minimum atomic E-state index is -4.57. The molecular weight excluding hydrogens is 529 g/mol. The molecule has 0 radical (unpaired) electrons. The summed E-state index contributed by atoms with van der Waals surface area (Å²) < 4.78 is 92.0. The summed E-state index contributed by atoms with van der Waals surface area (Å²) in [6, 6.07) is 6.84. The molecule has 0 aliphatic heterocycles. The lowest BCUT2D eigenvalue weighted by molar-refractivity contribution is -0.0891. The summed E-state index contributed by atoms with van der Waals surface area (Å²) in [5.74, 6) is -0.0972. The van der Waals surface area contributed by atoms with Crippen molar-refractivity contribution in [3.63, 3.8) is 0 Å². The predicted molar refractivity (Wildman–Crippen MR) is 151 cm³/mol. The largest absolute Gasteiger partial charge is 0.416 e. The average molecular weight is 567 g/mol. The minimum absolute atomic E-state index is 0.0972. The third kappa shape index (κ3) is 10.7. The maximum absolute atomic E-state index is 13.6. The van der Waals surface area contributed by atoms with Gasteiger partial charge >= 0.3 is 12.4 Å². The molecule has 1 aliphatic carbocycles. The topological polar surface area (TPSA) is 0 Å². The molecule has 0 N–H and O–H groups in total. The quantitative estimate of drug-likeness (QED) is 0.206. The van der Waals surface area contributed by atoms with E-state index in [0.717, 1.165) is 53.9 Å². The molecule has 0 saturated carbocycles. The third-order valence-corrected chi connectivity index (χ3v) is 6.48. The van der Waals surface area contributed by atoms with Crippen molar-refractivity contribution in [3.8, 4) is 0 Å². The molecule has 7 heteroatoms. The molecule has 40 heavy (non-hydrogen) atoms. The monoisotopic (exact) mass is 566 g/mol. The Morgan fingerprint density at radius 2 is 1.38 bits per heavy atom. The van der Waals surface area contributed by atoms with Crippen LogP contribution in [0.4, 0.5) is 30.7 Å². The van der Waals surface area contributed by atoms with Gasteiger partial charge in [0.2, 0.25) is 0 Å². The first kappa shape index (κ1) is 34.7. The lowest BCUT2D eigenvalue weighted by Crippen LogP contribution is -2.11. The van der Waals surface area contributed by atoms with Crippen LogP contribution in [0.1, 0.15) is 58.9 Å². The van der Waals surface area contributed by atoms with E-state index in [-0.39, 0.29) is 11.4 Å². The predicted octanol–water partition coefficient (Wildman–Crippen LogP) is 11.4. The lowest BCUT2D eigenvalue weighted by atomic mass is 9.95. The highest BCUT2D eigenvalue weighted by atomic mass is 19.4. The number of rotatable bonds is 9. The van der Waals surface area contributed by atoms with Gasteiger partial charge in [-0.2, -0.15) is 26.3 Å². The van der Waals surface area contributed by atoms with Crippen LogP contribution in [0.5, 0.6) is 0 Å². The van der Waals surface area contributed by atoms with Gasteiger partial charge in [-0.05, 0) is 109 Å². The van der Waals surface area contributed by atoms with Gasteiger partial charge < -0.3 is 0 Å². The van der Waals surface area contributed by atoms with E-state index >= 15 is 0 Å². The SMILES string of the molecule is C=C/C(=C\C=C(\C)C1=C(/C(C)=C/C(=C\C(=C)C(=C)CC)C(F)(F)F)CCC1)C(F)(F)F.CCc1ccccc1F. The van der Waals surface area contributed by atoms with Crippen molar-refractivity contribution in [2.75, 3.05) is 0 Å². The second kappa shape index (κ2) is 15.4. The van der Waals surface area contributed by atoms with Gasteiger partial charge in [0.1, 0.15) is 5.82 Å². The van der Waals surface area contributed by atoms with Crippen LogP contribution in [-0.2, 0) is 6.42 Å². The molecular formula is C33H37F7. The Morgan fingerprint density at radius 3 is 1.82 bits per heavy atom. The Labute approximate surface area is 233 Å². The van der Waals surface area contributed by atoms with Crippen molar-refractivity contribution in [3.05, 3.63) is 130 Å². The number of hydrogen-bond donors (Lipinski definition) is 0. The molecule has 0 amide bonds. The summed E-state index contributed by atoms with van der Waals surface area (Å²) >= 11 is 0. The minimum Gasteiger partial charge on any atom is -0.207 e. The maximum atomic E-state index is 13.6. The van der Waals surface area contributed by atoms with Gasteiger partial charge in [-0.3, -0.25) is 0 Å². The summed E-state index contributed by atoms with van der Waals surface area (Å²) in [6.45, 7) is 17.5. The zero-order valence-electron chi connectivity index (χ0n) is 23.5. The van der Waals surface area contributed by atoms with Gasteiger partial charge in [-0.1, -0.05) is 63.9 Å². The Kier molecular flexibility index (Phi) is 13.4. The zero-order valence-corrected chi connectivity index (χ0v) is 23.5. The van der Waals surface area contributed by atoms with E-state index in [2.05, 4.69) is 19.7 Å². The van der Waals surface area contributed by atoms with Gasteiger partial charge in [-0.15, -0.1) is 0 Å². The Hall–Kier alpha value is -3.35.